The molecule has 3 rings (SSSR count). The highest BCUT2D eigenvalue weighted by molar-refractivity contribution is 5.54. The van der Waals surface area contributed by atoms with Gasteiger partial charge in [0.25, 0.3) is 0 Å². The van der Waals surface area contributed by atoms with Crippen molar-refractivity contribution in [1.29, 1.82) is 0 Å². The van der Waals surface area contributed by atoms with E-state index < -0.39 is 11.9 Å². The molecule has 1 aliphatic rings. The fraction of sp³-hybridized carbons (Fsp3) is 0.467. The van der Waals surface area contributed by atoms with E-state index in [1.54, 1.807) is 0 Å². The lowest BCUT2D eigenvalue weighted by Crippen LogP contribution is -2.42. The minimum Gasteiger partial charge on any atom is -0.390 e. The average molecular weight is 305 g/mol. The summed E-state index contributed by atoms with van der Waals surface area (Å²) in [4.78, 5) is 14.0. The summed E-state index contributed by atoms with van der Waals surface area (Å²) in [6.45, 7) is 3.59. The monoisotopic (exact) mass is 305 g/mol. The van der Waals surface area contributed by atoms with Crippen LogP contribution in [0.15, 0.2) is 39.6 Å². The fourth-order valence-electron chi connectivity index (χ4n) is 2.57. The van der Waals surface area contributed by atoms with Crippen LogP contribution in [0.4, 0.5) is 0 Å². The van der Waals surface area contributed by atoms with Crippen LogP contribution in [-0.4, -0.2) is 58.7 Å². The molecule has 7 heteroatoms. The smallest absolute Gasteiger partial charge is 0.390 e. The zero-order valence-corrected chi connectivity index (χ0v) is 12.2. The maximum Gasteiger partial charge on any atom is 0.441 e. The van der Waals surface area contributed by atoms with Gasteiger partial charge in [0.1, 0.15) is 0 Å². The van der Waals surface area contributed by atoms with Gasteiger partial charge in [-0.05, 0) is 0 Å². The number of hydrogen-bond acceptors (Lipinski definition) is 6. The molecule has 0 spiro atoms. The van der Waals surface area contributed by atoms with Crippen LogP contribution in [0, 0.1) is 0 Å². The van der Waals surface area contributed by atoms with E-state index in [2.05, 4.69) is 10.1 Å². The Hall–Kier alpha value is -1.96. The van der Waals surface area contributed by atoms with E-state index in [0.717, 1.165) is 18.7 Å². The summed E-state index contributed by atoms with van der Waals surface area (Å²) in [6, 6.07) is 9.32. The third kappa shape index (κ3) is 3.44. The van der Waals surface area contributed by atoms with Crippen LogP contribution in [0.3, 0.4) is 0 Å². The second-order valence-corrected chi connectivity index (χ2v) is 5.32. The predicted molar refractivity (Wildman–Crippen MR) is 79.5 cm³/mol. The van der Waals surface area contributed by atoms with Gasteiger partial charge >= 0.3 is 5.76 Å². The van der Waals surface area contributed by atoms with E-state index in [-0.39, 0.29) is 6.54 Å². The molecule has 118 valence electrons. The van der Waals surface area contributed by atoms with Crippen molar-refractivity contribution in [2.24, 2.45) is 0 Å². The highest BCUT2D eigenvalue weighted by Crippen LogP contribution is 2.15. The molecule has 7 nitrogen and oxygen atoms in total. The molecule has 0 radical (unpaired) electrons. The predicted octanol–water partition coefficient (Wildman–Crippen LogP) is 0.196. The van der Waals surface area contributed by atoms with Gasteiger partial charge in [-0.1, -0.05) is 35.5 Å². The molecule has 1 atom stereocenters. The Kier molecular flexibility index (Phi) is 4.67. The Morgan fingerprint density at radius 3 is 2.64 bits per heavy atom. The van der Waals surface area contributed by atoms with Gasteiger partial charge in [0.15, 0.2) is 5.82 Å². The van der Waals surface area contributed by atoms with Gasteiger partial charge in [-0.3, -0.25) is 14.0 Å². The fourth-order valence-corrected chi connectivity index (χ4v) is 2.57. The van der Waals surface area contributed by atoms with E-state index in [1.807, 2.05) is 30.3 Å². The number of β-amino-alcohol motifs (C(OH)–C–C–N with tert-alkyl or cyclic N) is 1. The highest BCUT2D eigenvalue weighted by atomic mass is 16.5. The van der Waals surface area contributed by atoms with Crippen LogP contribution >= 0.6 is 0 Å². The molecule has 1 aromatic heterocycles. The second-order valence-electron chi connectivity index (χ2n) is 5.32. The molecule has 1 N–H and O–H groups in total. The largest absolute Gasteiger partial charge is 0.441 e. The number of morpholine rings is 1. The van der Waals surface area contributed by atoms with Crippen LogP contribution in [0.1, 0.15) is 0 Å². The lowest BCUT2D eigenvalue weighted by Gasteiger charge is -2.28. The van der Waals surface area contributed by atoms with Gasteiger partial charge in [0.2, 0.25) is 0 Å². The number of aliphatic hydroxyl groups is 1. The van der Waals surface area contributed by atoms with Crippen molar-refractivity contribution < 1.29 is 14.4 Å². The molecular formula is C15H19N3O4. The SMILES string of the molecule is O=c1onc(-c2ccccc2)n1CC(O)CN1CCOCC1. The topological polar surface area (TPSA) is 80.7 Å². The van der Waals surface area contributed by atoms with Gasteiger partial charge in [-0.25, -0.2) is 4.79 Å². The Labute approximate surface area is 127 Å². The Bertz CT molecular complexity index is 646. The summed E-state index contributed by atoms with van der Waals surface area (Å²) in [5, 5.41) is 14.1. The average Bonchev–Trinajstić information content (AvgIpc) is 2.90. The van der Waals surface area contributed by atoms with Crippen molar-refractivity contribution in [3.8, 4) is 11.4 Å². The normalized spacial score (nSPS) is 17.5. The molecule has 1 aromatic carbocycles. The van der Waals surface area contributed by atoms with Crippen molar-refractivity contribution in [2.45, 2.75) is 12.6 Å². The summed E-state index contributed by atoms with van der Waals surface area (Å²) in [5.74, 6) is -0.119. The molecule has 0 saturated carbocycles. The van der Waals surface area contributed by atoms with Crippen LogP contribution in [0.5, 0.6) is 0 Å². The van der Waals surface area contributed by atoms with E-state index in [0.29, 0.717) is 25.6 Å². The van der Waals surface area contributed by atoms with Crippen molar-refractivity contribution in [1.82, 2.24) is 14.6 Å². The van der Waals surface area contributed by atoms with Crippen molar-refractivity contribution >= 4 is 0 Å². The molecule has 1 fully saturated rings. The first-order valence-corrected chi connectivity index (χ1v) is 7.34. The first-order chi connectivity index (χ1) is 10.7. The first kappa shape index (κ1) is 15.0. The number of benzene rings is 1. The third-order valence-corrected chi connectivity index (χ3v) is 3.68. The first-order valence-electron chi connectivity index (χ1n) is 7.34. The molecule has 2 heterocycles. The summed E-state index contributed by atoms with van der Waals surface area (Å²) >= 11 is 0. The lowest BCUT2D eigenvalue weighted by atomic mass is 10.2. The second kappa shape index (κ2) is 6.87. The third-order valence-electron chi connectivity index (χ3n) is 3.68. The summed E-state index contributed by atoms with van der Waals surface area (Å²) < 4.78 is 11.4. The van der Waals surface area contributed by atoms with Crippen molar-refractivity contribution in [2.75, 3.05) is 32.8 Å². The Morgan fingerprint density at radius 2 is 1.91 bits per heavy atom. The molecular weight excluding hydrogens is 286 g/mol. The summed E-state index contributed by atoms with van der Waals surface area (Å²) in [7, 11) is 0. The van der Waals surface area contributed by atoms with Gasteiger partial charge < -0.3 is 9.84 Å². The number of aliphatic hydroxyl groups excluding tert-OH is 1. The van der Waals surface area contributed by atoms with Crippen molar-refractivity contribution in [3.63, 3.8) is 0 Å². The minimum absolute atomic E-state index is 0.157. The minimum atomic E-state index is -0.669. The molecule has 2 aromatic rings. The molecule has 1 aliphatic heterocycles. The van der Waals surface area contributed by atoms with Gasteiger partial charge in [0.05, 0.1) is 25.9 Å². The molecule has 1 unspecified atom stereocenters. The van der Waals surface area contributed by atoms with E-state index in [1.165, 1.54) is 4.57 Å². The zero-order valence-electron chi connectivity index (χ0n) is 12.2. The standard InChI is InChI=1S/C15H19N3O4/c19-13(10-17-6-8-21-9-7-17)11-18-14(16-22-15(18)20)12-4-2-1-3-5-12/h1-5,13,19H,6-11H2. The van der Waals surface area contributed by atoms with Gasteiger partial charge in [-0.2, -0.15) is 0 Å². The number of aromatic nitrogens is 2. The van der Waals surface area contributed by atoms with Crippen molar-refractivity contribution in [3.05, 3.63) is 40.9 Å². The lowest BCUT2D eigenvalue weighted by molar-refractivity contribution is 0.0112. The number of ether oxygens (including phenoxy) is 1. The zero-order chi connectivity index (χ0) is 15.4. The highest BCUT2D eigenvalue weighted by Gasteiger charge is 2.19. The van der Waals surface area contributed by atoms with E-state index in [9.17, 15) is 9.90 Å². The molecule has 22 heavy (non-hydrogen) atoms. The number of nitrogens with zero attached hydrogens (tertiary/aromatic N) is 3. The molecule has 0 aliphatic carbocycles. The number of hydrogen-bond donors (Lipinski definition) is 1. The molecule has 0 bridgehead atoms. The van der Waals surface area contributed by atoms with E-state index >= 15 is 0 Å². The Balaban J connectivity index is 1.72. The van der Waals surface area contributed by atoms with Gasteiger partial charge in [-0.15, -0.1) is 0 Å². The van der Waals surface area contributed by atoms with Gasteiger partial charge in [0, 0.05) is 25.2 Å². The molecule has 0 amide bonds. The maximum absolute atomic E-state index is 11.8. The maximum atomic E-state index is 11.8. The summed E-state index contributed by atoms with van der Waals surface area (Å²) in [6.07, 6.45) is -0.669. The van der Waals surface area contributed by atoms with Crippen LogP contribution in [0.2, 0.25) is 0 Å². The van der Waals surface area contributed by atoms with Crippen LogP contribution < -0.4 is 5.76 Å². The number of rotatable bonds is 5. The Morgan fingerprint density at radius 1 is 1.18 bits per heavy atom. The quantitative estimate of drug-likeness (QED) is 0.850. The van der Waals surface area contributed by atoms with Crippen LogP contribution in [0.25, 0.3) is 11.4 Å². The molecule has 1 saturated heterocycles. The van der Waals surface area contributed by atoms with Crippen LogP contribution in [-0.2, 0) is 11.3 Å². The summed E-state index contributed by atoms with van der Waals surface area (Å²) in [5.41, 5.74) is 0.784. The van der Waals surface area contributed by atoms with E-state index in [4.69, 9.17) is 9.26 Å².